The molecule has 0 bridgehead atoms. The number of hydrogen-bond acceptors (Lipinski definition) is 6. The quantitative estimate of drug-likeness (QED) is 0.351. The third-order valence-electron chi connectivity index (χ3n) is 5.45. The van der Waals surface area contributed by atoms with E-state index in [4.69, 9.17) is 21.1 Å². The molecule has 2 atom stereocenters. The molecule has 1 unspecified atom stereocenters. The van der Waals surface area contributed by atoms with Crippen LogP contribution in [0.2, 0.25) is 0 Å². The number of halogens is 1. The monoisotopic (exact) mass is 486 g/mol. The van der Waals surface area contributed by atoms with Gasteiger partial charge in [0.1, 0.15) is 29.5 Å². The number of β-lactam (4-membered cyclic amide) rings is 1. The van der Waals surface area contributed by atoms with Gasteiger partial charge in [0, 0.05) is 11.6 Å². The van der Waals surface area contributed by atoms with Crippen LogP contribution >= 0.6 is 23.4 Å². The summed E-state index contributed by atoms with van der Waals surface area (Å²) in [6, 6.07) is 15.8. The van der Waals surface area contributed by atoms with E-state index in [1.54, 1.807) is 31.4 Å². The minimum atomic E-state index is -0.688. The Balaban J connectivity index is 1.41. The lowest BCUT2D eigenvalue weighted by Gasteiger charge is -2.49. The maximum Gasteiger partial charge on any atom is 0.355 e. The number of fused-ring (bicyclic) bond motifs is 1. The van der Waals surface area contributed by atoms with Crippen molar-refractivity contribution < 1.29 is 23.9 Å². The van der Waals surface area contributed by atoms with Crippen molar-refractivity contribution in [1.82, 2.24) is 10.2 Å². The predicted molar refractivity (Wildman–Crippen MR) is 126 cm³/mol. The highest BCUT2D eigenvalue weighted by Crippen LogP contribution is 2.41. The van der Waals surface area contributed by atoms with Crippen molar-refractivity contribution in [2.75, 3.05) is 18.7 Å². The molecule has 2 aliphatic rings. The van der Waals surface area contributed by atoms with Crippen LogP contribution in [0.15, 0.2) is 65.9 Å². The van der Waals surface area contributed by atoms with Crippen LogP contribution in [0.4, 0.5) is 0 Å². The topological polar surface area (TPSA) is 84.9 Å². The average molecular weight is 487 g/mol. The fourth-order valence-corrected chi connectivity index (χ4v) is 5.40. The molecule has 0 saturated carbocycles. The van der Waals surface area contributed by atoms with E-state index in [0.717, 1.165) is 11.1 Å². The maximum absolute atomic E-state index is 12.9. The Morgan fingerprint density at radius 1 is 1.12 bits per heavy atom. The summed E-state index contributed by atoms with van der Waals surface area (Å²) in [4.78, 5) is 39.7. The normalized spacial score (nSPS) is 19.5. The summed E-state index contributed by atoms with van der Waals surface area (Å²) < 4.78 is 10.6. The van der Waals surface area contributed by atoms with Gasteiger partial charge in [-0.1, -0.05) is 42.5 Å². The molecule has 0 aromatic heterocycles. The summed E-state index contributed by atoms with van der Waals surface area (Å²) in [7, 11) is 1.58. The Morgan fingerprint density at radius 3 is 2.52 bits per heavy atom. The smallest absolute Gasteiger partial charge is 0.355 e. The molecule has 0 radical (unpaired) electrons. The van der Waals surface area contributed by atoms with E-state index in [2.05, 4.69) is 5.32 Å². The summed E-state index contributed by atoms with van der Waals surface area (Å²) in [5, 5.41) is 2.44. The lowest BCUT2D eigenvalue weighted by molar-refractivity contribution is -0.153. The SMILES string of the molecule is COc1ccc(COC(=O)C2=C(CCl)CS[C@H]3C(NC(=O)Cc4ccccc4)C(=O)N23)cc1. The summed E-state index contributed by atoms with van der Waals surface area (Å²) >= 11 is 7.54. The zero-order chi connectivity index (χ0) is 23.4. The second kappa shape index (κ2) is 10.3. The highest BCUT2D eigenvalue weighted by Gasteiger charge is 2.54. The second-order valence-corrected chi connectivity index (χ2v) is 9.00. The molecule has 1 fully saturated rings. The molecule has 4 rings (SSSR count). The minimum absolute atomic E-state index is 0.0545. The van der Waals surface area contributed by atoms with E-state index < -0.39 is 12.0 Å². The van der Waals surface area contributed by atoms with Gasteiger partial charge < -0.3 is 14.8 Å². The molecular weight excluding hydrogens is 464 g/mol. The number of nitrogens with zero attached hydrogens (tertiary/aromatic N) is 1. The molecule has 1 N–H and O–H groups in total. The van der Waals surface area contributed by atoms with Gasteiger partial charge in [0.2, 0.25) is 5.91 Å². The van der Waals surface area contributed by atoms with Crippen LogP contribution in [-0.2, 0) is 32.1 Å². The molecule has 1 saturated heterocycles. The van der Waals surface area contributed by atoms with Gasteiger partial charge in [-0.05, 0) is 28.8 Å². The first-order valence-electron chi connectivity index (χ1n) is 10.4. The number of methoxy groups -OCH3 is 1. The molecule has 2 aromatic rings. The number of amides is 2. The lowest BCUT2D eigenvalue weighted by Crippen LogP contribution is -2.70. The highest BCUT2D eigenvalue weighted by molar-refractivity contribution is 8.00. The third kappa shape index (κ3) is 5.02. The van der Waals surface area contributed by atoms with Crippen LogP contribution in [0.1, 0.15) is 11.1 Å². The first-order chi connectivity index (χ1) is 16.0. The molecule has 2 amide bonds. The molecular formula is C24H23ClN2O5S. The molecule has 2 heterocycles. The van der Waals surface area contributed by atoms with Crippen molar-refractivity contribution in [2.45, 2.75) is 24.4 Å². The number of carbonyl (C=O) groups excluding carboxylic acids is 3. The standard InChI is InChI=1S/C24H23ClN2O5S/c1-31-18-9-7-16(8-10-18)13-32-24(30)21-17(12-25)14-33-23-20(22(29)27(21)23)26-19(28)11-15-5-3-2-4-6-15/h2-10,20,23H,11-14H2,1H3,(H,26,28)/t20?,23-/m0/s1. The van der Waals surface area contributed by atoms with Gasteiger partial charge in [-0.15, -0.1) is 23.4 Å². The Hall–Kier alpha value is -2.97. The maximum atomic E-state index is 12.9. The van der Waals surface area contributed by atoms with Crippen molar-refractivity contribution in [3.8, 4) is 5.75 Å². The minimum Gasteiger partial charge on any atom is -0.497 e. The van der Waals surface area contributed by atoms with Crippen molar-refractivity contribution in [3.63, 3.8) is 0 Å². The largest absolute Gasteiger partial charge is 0.497 e. The second-order valence-electron chi connectivity index (χ2n) is 7.63. The fraction of sp³-hybridized carbons (Fsp3) is 0.292. The number of hydrogen-bond donors (Lipinski definition) is 1. The van der Waals surface area contributed by atoms with E-state index in [1.165, 1.54) is 16.7 Å². The third-order valence-corrected chi connectivity index (χ3v) is 7.12. The van der Waals surface area contributed by atoms with Crippen molar-refractivity contribution in [2.24, 2.45) is 0 Å². The van der Waals surface area contributed by atoms with Crippen LogP contribution < -0.4 is 10.1 Å². The van der Waals surface area contributed by atoms with Gasteiger partial charge >= 0.3 is 5.97 Å². The van der Waals surface area contributed by atoms with E-state index in [1.807, 2.05) is 30.3 Å². The Kier molecular flexibility index (Phi) is 7.25. The van der Waals surface area contributed by atoms with E-state index in [0.29, 0.717) is 17.1 Å². The number of benzene rings is 2. The zero-order valence-corrected chi connectivity index (χ0v) is 19.5. The summed E-state index contributed by atoms with van der Waals surface area (Å²) in [6.07, 6.45) is 0.182. The summed E-state index contributed by atoms with van der Waals surface area (Å²) in [5.41, 5.74) is 2.47. The number of ether oxygens (including phenoxy) is 2. The predicted octanol–water partition coefficient (Wildman–Crippen LogP) is 2.87. The van der Waals surface area contributed by atoms with Gasteiger partial charge in [0.25, 0.3) is 5.91 Å². The van der Waals surface area contributed by atoms with E-state index in [9.17, 15) is 14.4 Å². The van der Waals surface area contributed by atoms with Crippen LogP contribution in [0.3, 0.4) is 0 Å². The molecule has 2 aromatic carbocycles. The van der Waals surface area contributed by atoms with E-state index >= 15 is 0 Å². The Morgan fingerprint density at radius 2 is 1.85 bits per heavy atom. The Bertz CT molecular complexity index is 1070. The molecule has 0 aliphatic carbocycles. The van der Waals surface area contributed by atoms with Gasteiger partial charge in [-0.25, -0.2) is 4.79 Å². The van der Waals surface area contributed by atoms with Gasteiger partial charge in [0.15, 0.2) is 0 Å². The fourth-order valence-electron chi connectivity index (χ4n) is 3.72. The number of carbonyl (C=O) groups is 3. The number of alkyl halides is 1. The number of rotatable bonds is 8. The van der Waals surface area contributed by atoms with Crippen molar-refractivity contribution in [1.29, 1.82) is 0 Å². The average Bonchev–Trinajstić information content (AvgIpc) is 2.85. The number of esters is 1. The van der Waals surface area contributed by atoms with Crippen LogP contribution in [0.5, 0.6) is 5.75 Å². The Labute approximate surface area is 201 Å². The summed E-state index contributed by atoms with van der Waals surface area (Å²) in [6.45, 7) is 0.0545. The van der Waals surface area contributed by atoms with Crippen LogP contribution in [0.25, 0.3) is 0 Å². The van der Waals surface area contributed by atoms with Crippen molar-refractivity contribution in [3.05, 3.63) is 77.0 Å². The van der Waals surface area contributed by atoms with Gasteiger partial charge in [0.05, 0.1) is 13.5 Å². The van der Waals surface area contributed by atoms with Gasteiger partial charge in [-0.3, -0.25) is 14.5 Å². The molecule has 172 valence electrons. The molecule has 33 heavy (non-hydrogen) atoms. The molecule has 7 nitrogen and oxygen atoms in total. The van der Waals surface area contributed by atoms with Gasteiger partial charge in [-0.2, -0.15) is 0 Å². The van der Waals surface area contributed by atoms with Crippen LogP contribution in [-0.4, -0.2) is 52.8 Å². The molecule has 2 aliphatic heterocycles. The lowest BCUT2D eigenvalue weighted by atomic mass is 10.0. The highest BCUT2D eigenvalue weighted by atomic mass is 35.5. The number of thioether (sulfide) groups is 1. The zero-order valence-electron chi connectivity index (χ0n) is 18.0. The molecule has 0 spiro atoms. The van der Waals surface area contributed by atoms with Crippen LogP contribution in [0, 0.1) is 0 Å². The summed E-state index contributed by atoms with van der Waals surface area (Å²) in [5.74, 6) is 0.116. The number of nitrogens with one attached hydrogen (secondary N) is 1. The first kappa shape index (κ1) is 23.2. The first-order valence-corrected chi connectivity index (χ1v) is 12.0. The van der Waals surface area contributed by atoms with E-state index in [-0.39, 0.29) is 41.8 Å². The van der Waals surface area contributed by atoms with Crippen molar-refractivity contribution >= 4 is 41.1 Å². The molecule has 9 heteroatoms.